The number of nitrogens with zero attached hydrogens (tertiary/aromatic N) is 2. The maximum Gasteiger partial charge on any atom is 0.161 e. The third-order valence-corrected chi connectivity index (χ3v) is 3.37. The molecule has 0 aliphatic rings. The van der Waals surface area contributed by atoms with Gasteiger partial charge in [-0.1, -0.05) is 6.92 Å². The predicted octanol–water partition coefficient (Wildman–Crippen LogP) is 2.44. The van der Waals surface area contributed by atoms with Crippen LogP contribution in [0.4, 0.5) is 0 Å². The van der Waals surface area contributed by atoms with E-state index < -0.39 is 0 Å². The van der Waals surface area contributed by atoms with Gasteiger partial charge >= 0.3 is 0 Å². The maximum atomic E-state index is 5.94. The Morgan fingerprint density at radius 3 is 2.33 bits per heavy atom. The van der Waals surface area contributed by atoms with Crippen molar-refractivity contribution in [2.45, 2.75) is 25.8 Å². The predicted molar refractivity (Wildman–Crippen MR) is 82.5 cm³/mol. The van der Waals surface area contributed by atoms with Crippen molar-refractivity contribution in [1.82, 2.24) is 9.97 Å². The Labute approximate surface area is 125 Å². The molecule has 1 aromatic heterocycles. The van der Waals surface area contributed by atoms with Crippen molar-refractivity contribution in [1.29, 1.82) is 0 Å². The van der Waals surface area contributed by atoms with Crippen molar-refractivity contribution in [3.05, 3.63) is 36.2 Å². The summed E-state index contributed by atoms with van der Waals surface area (Å²) in [6, 6.07) is 5.78. The first-order valence-corrected chi connectivity index (χ1v) is 6.96. The van der Waals surface area contributed by atoms with Gasteiger partial charge in [-0.2, -0.15) is 0 Å². The second-order valence-corrected chi connectivity index (χ2v) is 4.86. The average molecular weight is 287 g/mol. The summed E-state index contributed by atoms with van der Waals surface area (Å²) in [5.41, 5.74) is 7.88. The molecule has 1 unspecified atom stereocenters. The molecule has 0 fully saturated rings. The SMILES string of the molecule is CCC(N)Cc1cnc(-c2ccc(OC)c(OC)c2)nc1. The van der Waals surface area contributed by atoms with Crippen LogP contribution in [0.1, 0.15) is 18.9 Å². The van der Waals surface area contributed by atoms with E-state index in [9.17, 15) is 0 Å². The molecule has 5 nitrogen and oxygen atoms in total. The highest BCUT2D eigenvalue weighted by molar-refractivity contribution is 5.60. The monoisotopic (exact) mass is 287 g/mol. The van der Waals surface area contributed by atoms with Gasteiger partial charge in [-0.15, -0.1) is 0 Å². The minimum atomic E-state index is 0.153. The number of benzene rings is 1. The minimum absolute atomic E-state index is 0.153. The molecule has 0 amide bonds. The minimum Gasteiger partial charge on any atom is -0.493 e. The summed E-state index contributed by atoms with van der Waals surface area (Å²) in [5.74, 6) is 2.01. The number of hydrogen-bond acceptors (Lipinski definition) is 5. The molecule has 21 heavy (non-hydrogen) atoms. The number of aromatic nitrogens is 2. The molecule has 1 heterocycles. The smallest absolute Gasteiger partial charge is 0.161 e. The zero-order valence-electron chi connectivity index (χ0n) is 12.7. The second-order valence-electron chi connectivity index (χ2n) is 4.86. The van der Waals surface area contributed by atoms with Crippen LogP contribution in [0.25, 0.3) is 11.4 Å². The van der Waals surface area contributed by atoms with Crippen molar-refractivity contribution >= 4 is 0 Å². The van der Waals surface area contributed by atoms with E-state index in [0.717, 1.165) is 24.0 Å². The Hall–Kier alpha value is -2.14. The van der Waals surface area contributed by atoms with Gasteiger partial charge in [-0.3, -0.25) is 0 Å². The first kappa shape index (κ1) is 15.3. The van der Waals surface area contributed by atoms with Gasteiger partial charge in [-0.05, 0) is 36.6 Å². The molecule has 2 aromatic rings. The average Bonchev–Trinajstić information content (AvgIpc) is 2.54. The Kier molecular flexibility index (Phi) is 5.11. The van der Waals surface area contributed by atoms with Crippen LogP contribution in [-0.2, 0) is 6.42 Å². The lowest BCUT2D eigenvalue weighted by Crippen LogP contribution is -2.21. The quantitative estimate of drug-likeness (QED) is 0.883. The highest BCUT2D eigenvalue weighted by atomic mass is 16.5. The van der Waals surface area contributed by atoms with Crippen molar-refractivity contribution < 1.29 is 9.47 Å². The van der Waals surface area contributed by atoms with Gasteiger partial charge in [0.1, 0.15) is 0 Å². The topological polar surface area (TPSA) is 70.3 Å². The third-order valence-electron chi connectivity index (χ3n) is 3.37. The fraction of sp³-hybridized carbons (Fsp3) is 0.375. The number of ether oxygens (including phenoxy) is 2. The van der Waals surface area contributed by atoms with Crippen LogP contribution < -0.4 is 15.2 Å². The summed E-state index contributed by atoms with van der Waals surface area (Å²) in [6.07, 6.45) is 5.39. The molecule has 0 spiro atoms. The van der Waals surface area contributed by atoms with Gasteiger partial charge in [0.25, 0.3) is 0 Å². The van der Waals surface area contributed by atoms with E-state index in [1.165, 1.54) is 0 Å². The summed E-state index contributed by atoms with van der Waals surface area (Å²) >= 11 is 0. The van der Waals surface area contributed by atoms with Crippen molar-refractivity contribution in [2.75, 3.05) is 14.2 Å². The molecule has 1 aromatic carbocycles. The highest BCUT2D eigenvalue weighted by Crippen LogP contribution is 2.30. The molecule has 5 heteroatoms. The number of hydrogen-bond donors (Lipinski definition) is 1. The molecule has 0 bridgehead atoms. The molecule has 0 aliphatic carbocycles. The fourth-order valence-corrected chi connectivity index (χ4v) is 2.03. The summed E-state index contributed by atoms with van der Waals surface area (Å²) in [7, 11) is 3.22. The summed E-state index contributed by atoms with van der Waals surface area (Å²) in [6.45, 7) is 2.07. The molecular formula is C16H21N3O2. The standard InChI is InChI=1S/C16H21N3O2/c1-4-13(17)7-11-9-18-16(19-10-11)12-5-6-14(20-2)15(8-12)21-3/h5-6,8-10,13H,4,7,17H2,1-3H3. The van der Waals surface area contributed by atoms with E-state index in [4.69, 9.17) is 15.2 Å². The Balaban J connectivity index is 2.22. The van der Waals surface area contributed by atoms with Crippen LogP contribution in [0.2, 0.25) is 0 Å². The Morgan fingerprint density at radius 1 is 1.10 bits per heavy atom. The highest BCUT2D eigenvalue weighted by Gasteiger charge is 2.09. The lowest BCUT2D eigenvalue weighted by molar-refractivity contribution is 0.355. The van der Waals surface area contributed by atoms with E-state index in [2.05, 4.69) is 16.9 Å². The molecule has 0 saturated carbocycles. The van der Waals surface area contributed by atoms with Crippen LogP contribution in [0, 0.1) is 0 Å². The molecule has 0 saturated heterocycles. The first-order chi connectivity index (χ1) is 10.2. The first-order valence-electron chi connectivity index (χ1n) is 6.96. The third kappa shape index (κ3) is 3.70. The number of rotatable bonds is 6. The molecule has 0 aliphatic heterocycles. The Bertz CT molecular complexity index is 585. The van der Waals surface area contributed by atoms with Crippen LogP contribution in [0.5, 0.6) is 11.5 Å². The molecule has 0 radical (unpaired) electrons. The molecule has 2 rings (SSSR count). The van der Waals surface area contributed by atoms with Gasteiger partial charge in [0.05, 0.1) is 14.2 Å². The van der Waals surface area contributed by atoms with Gasteiger partial charge in [0.15, 0.2) is 17.3 Å². The van der Waals surface area contributed by atoms with Crippen LogP contribution in [0.3, 0.4) is 0 Å². The molecule has 1 atom stereocenters. The van der Waals surface area contributed by atoms with E-state index in [1.54, 1.807) is 14.2 Å². The van der Waals surface area contributed by atoms with Crippen molar-refractivity contribution in [3.63, 3.8) is 0 Å². The van der Waals surface area contributed by atoms with Crippen molar-refractivity contribution in [2.24, 2.45) is 5.73 Å². The van der Waals surface area contributed by atoms with E-state index >= 15 is 0 Å². The van der Waals surface area contributed by atoms with Gasteiger partial charge in [-0.25, -0.2) is 9.97 Å². The molecule has 2 N–H and O–H groups in total. The van der Waals surface area contributed by atoms with Crippen LogP contribution >= 0.6 is 0 Å². The van der Waals surface area contributed by atoms with Gasteiger partial charge in [0.2, 0.25) is 0 Å². The fourth-order valence-electron chi connectivity index (χ4n) is 2.03. The lowest BCUT2D eigenvalue weighted by Gasteiger charge is -2.10. The lowest BCUT2D eigenvalue weighted by atomic mass is 10.1. The summed E-state index contributed by atoms with van der Waals surface area (Å²) in [4.78, 5) is 8.81. The number of nitrogens with two attached hydrogens (primary N) is 1. The normalized spacial score (nSPS) is 12.0. The summed E-state index contributed by atoms with van der Waals surface area (Å²) in [5, 5.41) is 0. The zero-order chi connectivity index (χ0) is 15.2. The maximum absolute atomic E-state index is 5.94. The van der Waals surface area contributed by atoms with Gasteiger partial charge < -0.3 is 15.2 Å². The summed E-state index contributed by atoms with van der Waals surface area (Å²) < 4.78 is 10.5. The number of methoxy groups -OCH3 is 2. The molecular weight excluding hydrogens is 266 g/mol. The van der Waals surface area contributed by atoms with E-state index in [1.807, 2.05) is 30.6 Å². The van der Waals surface area contributed by atoms with Crippen LogP contribution in [-0.4, -0.2) is 30.2 Å². The van der Waals surface area contributed by atoms with Crippen molar-refractivity contribution in [3.8, 4) is 22.9 Å². The van der Waals surface area contributed by atoms with Gasteiger partial charge in [0, 0.05) is 24.0 Å². The van der Waals surface area contributed by atoms with Crippen LogP contribution in [0.15, 0.2) is 30.6 Å². The zero-order valence-corrected chi connectivity index (χ0v) is 12.7. The molecule has 112 valence electrons. The van der Waals surface area contributed by atoms with E-state index in [-0.39, 0.29) is 6.04 Å². The second kappa shape index (κ2) is 7.04. The van der Waals surface area contributed by atoms with E-state index in [0.29, 0.717) is 17.3 Å². The Morgan fingerprint density at radius 2 is 1.76 bits per heavy atom. The largest absolute Gasteiger partial charge is 0.493 e.